The highest BCUT2D eigenvalue weighted by Crippen LogP contribution is 2.27. The third kappa shape index (κ3) is 5.35. The van der Waals surface area contributed by atoms with Gasteiger partial charge in [0, 0.05) is 38.7 Å². The Morgan fingerprint density at radius 1 is 1.28 bits per heavy atom. The predicted molar refractivity (Wildman–Crippen MR) is 93.1 cm³/mol. The van der Waals surface area contributed by atoms with Gasteiger partial charge in [0.05, 0.1) is 20.3 Å². The van der Waals surface area contributed by atoms with Crippen molar-refractivity contribution < 1.29 is 23.8 Å². The zero-order valence-corrected chi connectivity index (χ0v) is 15.0. The maximum absolute atomic E-state index is 12.3. The number of amides is 2. The molecule has 1 atom stereocenters. The van der Waals surface area contributed by atoms with Crippen molar-refractivity contribution in [3.05, 3.63) is 23.8 Å². The van der Waals surface area contributed by atoms with Crippen molar-refractivity contribution in [2.45, 2.75) is 25.9 Å². The van der Waals surface area contributed by atoms with Crippen LogP contribution < -0.4 is 14.8 Å². The number of nitrogens with zero attached hydrogens (tertiary/aromatic N) is 1. The molecule has 1 heterocycles. The first kappa shape index (κ1) is 19.1. The average Bonchev–Trinajstić information content (AvgIpc) is 3.13. The SMILES string of the molecule is COc1ccc(C(=O)NCCN(CC2CCCO2)C(C)=O)cc1OC. The topological polar surface area (TPSA) is 77.1 Å². The first-order chi connectivity index (χ1) is 12.0. The van der Waals surface area contributed by atoms with E-state index in [9.17, 15) is 9.59 Å². The van der Waals surface area contributed by atoms with Crippen molar-refractivity contribution in [3.63, 3.8) is 0 Å². The number of ether oxygens (including phenoxy) is 3. The van der Waals surface area contributed by atoms with Crippen LogP contribution in [-0.2, 0) is 9.53 Å². The van der Waals surface area contributed by atoms with Gasteiger partial charge in [-0.25, -0.2) is 0 Å². The first-order valence-corrected chi connectivity index (χ1v) is 8.42. The van der Waals surface area contributed by atoms with Gasteiger partial charge in [-0.15, -0.1) is 0 Å². The monoisotopic (exact) mass is 350 g/mol. The van der Waals surface area contributed by atoms with Gasteiger partial charge in [0.1, 0.15) is 0 Å². The van der Waals surface area contributed by atoms with Gasteiger partial charge >= 0.3 is 0 Å². The second-order valence-electron chi connectivity index (χ2n) is 5.93. The molecule has 1 saturated heterocycles. The molecule has 2 amide bonds. The molecule has 0 spiro atoms. The van der Waals surface area contributed by atoms with E-state index in [0.29, 0.717) is 36.7 Å². The number of nitrogens with one attached hydrogen (secondary N) is 1. The van der Waals surface area contributed by atoms with E-state index in [-0.39, 0.29) is 17.9 Å². The summed E-state index contributed by atoms with van der Waals surface area (Å²) in [6, 6.07) is 4.99. The van der Waals surface area contributed by atoms with Crippen LogP contribution in [0.5, 0.6) is 11.5 Å². The number of carbonyl (C=O) groups excluding carboxylic acids is 2. The van der Waals surface area contributed by atoms with Crippen LogP contribution in [0.25, 0.3) is 0 Å². The summed E-state index contributed by atoms with van der Waals surface area (Å²) in [5.41, 5.74) is 0.478. The molecule has 0 radical (unpaired) electrons. The Balaban J connectivity index is 1.86. The lowest BCUT2D eigenvalue weighted by Gasteiger charge is -2.24. The molecule has 1 aromatic rings. The molecule has 2 rings (SSSR count). The lowest BCUT2D eigenvalue weighted by atomic mass is 10.2. The fraction of sp³-hybridized carbons (Fsp3) is 0.556. The molecule has 1 aromatic carbocycles. The molecule has 0 aliphatic carbocycles. The van der Waals surface area contributed by atoms with Gasteiger partial charge in [0.15, 0.2) is 11.5 Å². The van der Waals surface area contributed by atoms with Gasteiger partial charge in [-0.2, -0.15) is 0 Å². The fourth-order valence-electron chi connectivity index (χ4n) is 2.80. The Labute approximate surface area is 148 Å². The Bertz CT molecular complexity index is 599. The van der Waals surface area contributed by atoms with Crippen LogP contribution >= 0.6 is 0 Å². The third-order valence-corrected chi connectivity index (χ3v) is 4.21. The lowest BCUT2D eigenvalue weighted by molar-refractivity contribution is -0.130. The van der Waals surface area contributed by atoms with Gasteiger partial charge in [-0.3, -0.25) is 9.59 Å². The highest BCUT2D eigenvalue weighted by molar-refractivity contribution is 5.94. The van der Waals surface area contributed by atoms with E-state index in [2.05, 4.69) is 5.32 Å². The van der Waals surface area contributed by atoms with Crippen molar-refractivity contribution >= 4 is 11.8 Å². The predicted octanol–water partition coefficient (Wildman–Crippen LogP) is 1.46. The number of methoxy groups -OCH3 is 2. The second-order valence-corrected chi connectivity index (χ2v) is 5.93. The van der Waals surface area contributed by atoms with Crippen molar-refractivity contribution in [2.24, 2.45) is 0 Å². The Morgan fingerprint density at radius 3 is 2.64 bits per heavy atom. The van der Waals surface area contributed by atoms with E-state index in [4.69, 9.17) is 14.2 Å². The summed E-state index contributed by atoms with van der Waals surface area (Å²) in [5.74, 6) is 0.828. The van der Waals surface area contributed by atoms with Crippen LogP contribution in [0.2, 0.25) is 0 Å². The summed E-state index contributed by atoms with van der Waals surface area (Å²) in [6.45, 7) is 3.69. The van der Waals surface area contributed by atoms with Crippen molar-refractivity contribution in [3.8, 4) is 11.5 Å². The molecular weight excluding hydrogens is 324 g/mol. The van der Waals surface area contributed by atoms with Gasteiger partial charge in [-0.1, -0.05) is 0 Å². The Hall–Kier alpha value is -2.28. The summed E-state index contributed by atoms with van der Waals surface area (Å²) in [4.78, 5) is 25.7. The minimum Gasteiger partial charge on any atom is -0.493 e. The molecule has 7 heteroatoms. The van der Waals surface area contributed by atoms with Gasteiger partial charge in [0.25, 0.3) is 5.91 Å². The summed E-state index contributed by atoms with van der Waals surface area (Å²) >= 11 is 0. The summed E-state index contributed by atoms with van der Waals surface area (Å²) < 4.78 is 15.9. The molecule has 0 bridgehead atoms. The average molecular weight is 350 g/mol. The van der Waals surface area contributed by atoms with E-state index in [1.165, 1.54) is 14.0 Å². The molecular formula is C18H26N2O5. The van der Waals surface area contributed by atoms with Crippen LogP contribution in [0, 0.1) is 0 Å². The summed E-state index contributed by atoms with van der Waals surface area (Å²) in [6.07, 6.45) is 2.11. The second kappa shape index (κ2) is 9.27. The largest absolute Gasteiger partial charge is 0.493 e. The molecule has 1 N–H and O–H groups in total. The molecule has 0 saturated carbocycles. The van der Waals surface area contributed by atoms with Crippen molar-refractivity contribution in [2.75, 3.05) is 40.5 Å². The van der Waals surface area contributed by atoms with Crippen molar-refractivity contribution in [1.29, 1.82) is 0 Å². The van der Waals surface area contributed by atoms with Crippen LogP contribution in [0.1, 0.15) is 30.1 Å². The maximum atomic E-state index is 12.3. The standard InChI is InChI=1S/C18H26N2O5/c1-13(21)20(12-15-5-4-10-25-15)9-8-19-18(22)14-6-7-16(23-2)17(11-14)24-3/h6-7,11,15H,4-5,8-10,12H2,1-3H3,(H,19,22). The number of hydrogen-bond donors (Lipinski definition) is 1. The normalized spacial score (nSPS) is 16.4. The first-order valence-electron chi connectivity index (χ1n) is 8.42. The zero-order chi connectivity index (χ0) is 18.2. The Morgan fingerprint density at radius 2 is 2.04 bits per heavy atom. The molecule has 1 unspecified atom stereocenters. The zero-order valence-electron chi connectivity index (χ0n) is 15.0. The number of rotatable bonds is 8. The lowest BCUT2D eigenvalue weighted by Crippen LogP contribution is -2.41. The smallest absolute Gasteiger partial charge is 0.251 e. The number of hydrogen-bond acceptors (Lipinski definition) is 5. The van der Waals surface area contributed by atoms with Crippen LogP contribution in [0.15, 0.2) is 18.2 Å². The molecule has 1 aliphatic heterocycles. The number of benzene rings is 1. The van der Waals surface area contributed by atoms with Gasteiger partial charge in [0.2, 0.25) is 5.91 Å². The van der Waals surface area contributed by atoms with Crippen LogP contribution in [-0.4, -0.2) is 63.3 Å². The molecule has 7 nitrogen and oxygen atoms in total. The molecule has 138 valence electrons. The minimum atomic E-state index is -0.221. The van der Waals surface area contributed by atoms with E-state index in [1.807, 2.05) is 0 Å². The van der Waals surface area contributed by atoms with E-state index < -0.39 is 0 Å². The molecule has 0 aromatic heterocycles. The number of carbonyl (C=O) groups is 2. The minimum absolute atomic E-state index is 0.0177. The van der Waals surface area contributed by atoms with Gasteiger partial charge < -0.3 is 24.4 Å². The fourth-order valence-corrected chi connectivity index (χ4v) is 2.80. The molecule has 1 aliphatic rings. The summed E-state index contributed by atoms with van der Waals surface area (Å²) in [5, 5.41) is 2.83. The third-order valence-electron chi connectivity index (χ3n) is 4.21. The molecule has 1 fully saturated rings. The van der Waals surface area contributed by atoms with Crippen LogP contribution in [0.4, 0.5) is 0 Å². The van der Waals surface area contributed by atoms with E-state index >= 15 is 0 Å². The van der Waals surface area contributed by atoms with E-state index in [1.54, 1.807) is 30.2 Å². The van der Waals surface area contributed by atoms with Gasteiger partial charge in [-0.05, 0) is 31.0 Å². The van der Waals surface area contributed by atoms with E-state index in [0.717, 1.165) is 19.4 Å². The van der Waals surface area contributed by atoms with Crippen LogP contribution in [0.3, 0.4) is 0 Å². The Kier molecular flexibility index (Phi) is 7.06. The molecule has 25 heavy (non-hydrogen) atoms. The quantitative estimate of drug-likeness (QED) is 0.768. The highest BCUT2D eigenvalue weighted by atomic mass is 16.5. The highest BCUT2D eigenvalue weighted by Gasteiger charge is 2.20. The van der Waals surface area contributed by atoms with Crippen molar-refractivity contribution in [1.82, 2.24) is 10.2 Å². The maximum Gasteiger partial charge on any atom is 0.251 e. The summed E-state index contributed by atoms with van der Waals surface area (Å²) in [7, 11) is 3.07.